The Hall–Kier alpha value is -4.37. The number of nitrogens with two attached hydrogens (primary N) is 1. The van der Waals surface area contributed by atoms with Crippen molar-refractivity contribution < 1.29 is 14.3 Å². The van der Waals surface area contributed by atoms with Crippen LogP contribution in [0.3, 0.4) is 0 Å². The van der Waals surface area contributed by atoms with E-state index in [0.29, 0.717) is 11.1 Å². The van der Waals surface area contributed by atoms with Crippen LogP contribution in [0.2, 0.25) is 0 Å². The lowest BCUT2D eigenvalue weighted by Crippen LogP contribution is -2.43. The van der Waals surface area contributed by atoms with Gasteiger partial charge in [0.05, 0.1) is 13.5 Å². The van der Waals surface area contributed by atoms with Gasteiger partial charge in [-0.15, -0.1) is 0 Å². The zero-order chi connectivity index (χ0) is 23.6. The summed E-state index contributed by atoms with van der Waals surface area (Å²) in [4.78, 5) is 24.8. The summed E-state index contributed by atoms with van der Waals surface area (Å²) in [6, 6.07) is 23.3. The molecule has 0 bridgehead atoms. The van der Waals surface area contributed by atoms with E-state index in [-0.39, 0.29) is 24.6 Å². The third-order valence-electron chi connectivity index (χ3n) is 4.94. The Labute approximate surface area is 193 Å². The van der Waals surface area contributed by atoms with Crippen LogP contribution in [0.1, 0.15) is 27.8 Å². The van der Waals surface area contributed by atoms with Gasteiger partial charge in [-0.3, -0.25) is 10.2 Å². The van der Waals surface area contributed by atoms with Gasteiger partial charge in [0.2, 0.25) is 5.91 Å². The SMILES string of the molecule is COC(=O)[C@H](Cc1ccc(C#Cc2ccccc2)cc1)NC(=O)Cc1cccc(C(=N)N)c1. The smallest absolute Gasteiger partial charge is 0.328 e. The van der Waals surface area contributed by atoms with Crippen molar-refractivity contribution in [3.8, 4) is 11.8 Å². The second-order valence-electron chi connectivity index (χ2n) is 7.45. The fourth-order valence-corrected chi connectivity index (χ4v) is 3.24. The predicted octanol–water partition coefficient (Wildman–Crippen LogP) is 2.81. The molecule has 166 valence electrons. The van der Waals surface area contributed by atoms with E-state index >= 15 is 0 Å². The average Bonchev–Trinajstić information content (AvgIpc) is 2.83. The zero-order valence-corrected chi connectivity index (χ0v) is 18.3. The molecule has 0 aliphatic rings. The molecule has 6 nitrogen and oxygen atoms in total. The van der Waals surface area contributed by atoms with E-state index < -0.39 is 12.0 Å². The molecule has 4 N–H and O–H groups in total. The van der Waals surface area contributed by atoms with Crippen molar-refractivity contribution in [3.63, 3.8) is 0 Å². The van der Waals surface area contributed by atoms with Crippen LogP contribution in [0.5, 0.6) is 0 Å². The van der Waals surface area contributed by atoms with Crippen molar-refractivity contribution in [1.29, 1.82) is 5.41 Å². The Kier molecular flexibility index (Phi) is 7.98. The van der Waals surface area contributed by atoms with E-state index in [1.54, 1.807) is 24.3 Å². The van der Waals surface area contributed by atoms with Crippen LogP contribution in [0, 0.1) is 17.3 Å². The van der Waals surface area contributed by atoms with Crippen molar-refractivity contribution in [2.75, 3.05) is 7.11 Å². The van der Waals surface area contributed by atoms with Gasteiger partial charge in [0, 0.05) is 23.1 Å². The predicted molar refractivity (Wildman–Crippen MR) is 128 cm³/mol. The normalized spacial score (nSPS) is 10.9. The number of amides is 1. The van der Waals surface area contributed by atoms with Crippen molar-refractivity contribution in [2.45, 2.75) is 18.9 Å². The molecule has 1 amide bonds. The molecule has 0 saturated heterocycles. The van der Waals surface area contributed by atoms with E-state index in [1.165, 1.54) is 7.11 Å². The van der Waals surface area contributed by atoms with Gasteiger partial charge in [-0.05, 0) is 41.5 Å². The molecule has 0 aliphatic heterocycles. The lowest BCUT2D eigenvalue weighted by atomic mass is 10.0. The molecule has 0 aromatic heterocycles. The van der Waals surface area contributed by atoms with Gasteiger partial charge in [0.1, 0.15) is 11.9 Å². The van der Waals surface area contributed by atoms with Gasteiger partial charge in [-0.25, -0.2) is 4.79 Å². The summed E-state index contributed by atoms with van der Waals surface area (Å²) in [6.45, 7) is 0. The molecule has 0 saturated carbocycles. The van der Waals surface area contributed by atoms with Crippen molar-refractivity contribution >= 4 is 17.7 Å². The van der Waals surface area contributed by atoms with Crippen LogP contribution in [-0.4, -0.2) is 30.9 Å². The highest BCUT2D eigenvalue weighted by Crippen LogP contribution is 2.10. The first-order valence-electron chi connectivity index (χ1n) is 10.4. The van der Waals surface area contributed by atoms with Crippen LogP contribution in [0.25, 0.3) is 0 Å². The van der Waals surface area contributed by atoms with Crippen LogP contribution in [0.4, 0.5) is 0 Å². The molecule has 3 rings (SSSR count). The largest absolute Gasteiger partial charge is 0.467 e. The fourth-order valence-electron chi connectivity index (χ4n) is 3.24. The third kappa shape index (κ3) is 7.08. The van der Waals surface area contributed by atoms with E-state index in [4.69, 9.17) is 15.9 Å². The number of carbonyl (C=O) groups excluding carboxylic acids is 2. The summed E-state index contributed by atoms with van der Waals surface area (Å²) >= 11 is 0. The highest BCUT2D eigenvalue weighted by atomic mass is 16.5. The Balaban J connectivity index is 1.65. The number of hydrogen-bond acceptors (Lipinski definition) is 4. The molecule has 0 fully saturated rings. The molecule has 3 aromatic rings. The molecule has 0 radical (unpaired) electrons. The minimum Gasteiger partial charge on any atom is -0.467 e. The zero-order valence-electron chi connectivity index (χ0n) is 18.3. The average molecular weight is 440 g/mol. The summed E-state index contributed by atoms with van der Waals surface area (Å²) in [5, 5.41) is 10.3. The highest BCUT2D eigenvalue weighted by Gasteiger charge is 2.22. The number of methoxy groups -OCH3 is 1. The second-order valence-corrected chi connectivity index (χ2v) is 7.45. The van der Waals surface area contributed by atoms with Gasteiger partial charge in [0.25, 0.3) is 0 Å². The van der Waals surface area contributed by atoms with Crippen LogP contribution >= 0.6 is 0 Å². The molecule has 1 atom stereocenters. The quantitative estimate of drug-likeness (QED) is 0.228. The highest BCUT2D eigenvalue weighted by molar-refractivity contribution is 5.95. The van der Waals surface area contributed by atoms with Crippen LogP contribution in [-0.2, 0) is 27.2 Å². The maximum Gasteiger partial charge on any atom is 0.328 e. The van der Waals surface area contributed by atoms with Crippen LogP contribution in [0.15, 0.2) is 78.9 Å². The monoisotopic (exact) mass is 439 g/mol. The summed E-state index contributed by atoms with van der Waals surface area (Å²) in [6.07, 6.45) is 0.348. The number of esters is 1. The van der Waals surface area contributed by atoms with Gasteiger partial charge in [0.15, 0.2) is 0 Å². The van der Waals surface area contributed by atoms with Crippen molar-refractivity contribution in [2.24, 2.45) is 5.73 Å². The van der Waals surface area contributed by atoms with Crippen LogP contribution < -0.4 is 11.1 Å². The number of ether oxygens (including phenoxy) is 1. The van der Waals surface area contributed by atoms with E-state index in [0.717, 1.165) is 16.7 Å². The Morgan fingerprint density at radius 1 is 0.939 bits per heavy atom. The molecule has 0 heterocycles. The van der Waals surface area contributed by atoms with Gasteiger partial charge in [-0.1, -0.05) is 60.4 Å². The molecular weight excluding hydrogens is 414 g/mol. The maximum atomic E-state index is 12.6. The Morgan fingerprint density at radius 3 is 2.24 bits per heavy atom. The minimum atomic E-state index is -0.820. The van der Waals surface area contributed by atoms with Gasteiger partial charge in [-0.2, -0.15) is 0 Å². The molecule has 0 spiro atoms. The minimum absolute atomic E-state index is 0.0582. The number of hydrogen-bond donors (Lipinski definition) is 3. The van der Waals surface area contributed by atoms with Gasteiger partial charge >= 0.3 is 5.97 Å². The second kappa shape index (κ2) is 11.3. The molecular formula is C27H25N3O3. The summed E-state index contributed by atoms with van der Waals surface area (Å²) < 4.78 is 4.88. The number of amidine groups is 1. The summed E-state index contributed by atoms with van der Waals surface area (Å²) in [5.74, 6) is 5.31. The molecule has 0 unspecified atom stereocenters. The van der Waals surface area contributed by atoms with E-state index in [2.05, 4.69) is 17.2 Å². The molecule has 6 heteroatoms. The summed E-state index contributed by atoms with van der Waals surface area (Å²) in [7, 11) is 1.29. The molecule has 3 aromatic carbocycles. The summed E-state index contributed by atoms with van der Waals surface area (Å²) in [5.41, 5.74) is 9.41. The Bertz CT molecular complexity index is 1190. The lowest BCUT2D eigenvalue weighted by molar-refractivity contribution is -0.145. The van der Waals surface area contributed by atoms with E-state index in [1.807, 2.05) is 54.6 Å². The first-order valence-corrected chi connectivity index (χ1v) is 10.4. The number of rotatable bonds is 7. The number of benzene rings is 3. The van der Waals surface area contributed by atoms with Gasteiger partial charge < -0.3 is 15.8 Å². The number of carbonyl (C=O) groups is 2. The van der Waals surface area contributed by atoms with Crippen molar-refractivity contribution in [3.05, 3.63) is 107 Å². The van der Waals surface area contributed by atoms with Crippen molar-refractivity contribution in [1.82, 2.24) is 5.32 Å². The first kappa shape index (κ1) is 23.3. The molecule has 33 heavy (non-hydrogen) atoms. The number of nitrogens with one attached hydrogen (secondary N) is 2. The third-order valence-corrected chi connectivity index (χ3v) is 4.94. The number of nitrogen functional groups attached to an aromatic ring is 1. The standard InChI is InChI=1S/C27H25N3O3/c1-33-27(32)24(30-25(31)18-22-8-5-9-23(16-22)26(28)29)17-21-14-12-20(13-15-21)11-10-19-6-3-2-4-7-19/h2-9,12-16,24H,17-18H2,1H3,(H3,28,29)(H,30,31)/t24-/m0/s1. The topological polar surface area (TPSA) is 105 Å². The maximum absolute atomic E-state index is 12.6. The fraction of sp³-hybridized carbons (Fsp3) is 0.148. The molecule has 0 aliphatic carbocycles. The van der Waals surface area contributed by atoms with E-state index in [9.17, 15) is 9.59 Å². The Morgan fingerprint density at radius 2 is 1.61 bits per heavy atom. The lowest BCUT2D eigenvalue weighted by Gasteiger charge is -2.17. The first-order chi connectivity index (χ1) is 15.9.